The van der Waals surface area contributed by atoms with Crippen LogP contribution in [0.3, 0.4) is 0 Å². The fraction of sp³-hybridized carbons (Fsp3) is 0.176. The Morgan fingerprint density at radius 3 is 2.60 bits per heavy atom. The van der Waals surface area contributed by atoms with Gasteiger partial charge in [0.15, 0.2) is 11.5 Å². The molecule has 0 bridgehead atoms. The maximum atomic E-state index is 14.7. The number of anilines is 1. The first-order chi connectivity index (χ1) is 11.8. The fourth-order valence-corrected chi connectivity index (χ4v) is 2.58. The number of rotatable bonds is 4. The summed E-state index contributed by atoms with van der Waals surface area (Å²) in [6.45, 7) is 0. The van der Waals surface area contributed by atoms with Gasteiger partial charge in [0.2, 0.25) is 0 Å². The van der Waals surface area contributed by atoms with Crippen LogP contribution in [0.15, 0.2) is 23.6 Å². The second kappa shape index (κ2) is 7.84. The lowest BCUT2D eigenvalue weighted by molar-refractivity contribution is 0.0594. The molecule has 1 aromatic heterocycles. The van der Waals surface area contributed by atoms with E-state index in [1.807, 2.05) is 12.5 Å². The number of esters is 1. The van der Waals surface area contributed by atoms with E-state index in [1.54, 1.807) is 5.41 Å². The van der Waals surface area contributed by atoms with E-state index in [9.17, 15) is 13.6 Å². The van der Waals surface area contributed by atoms with E-state index in [1.165, 1.54) is 25.3 Å². The third-order valence-electron chi connectivity index (χ3n) is 3.29. The summed E-state index contributed by atoms with van der Waals surface area (Å²) in [4.78, 5) is 16.1. The predicted octanol–water partition coefficient (Wildman–Crippen LogP) is 3.90. The van der Waals surface area contributed by atoms with Crippen LogP contribution in [0, 0.1) is 11.6 Å². The second-order valence-electron chi connectivity index (χ2n) is 5.25. The number of methoxy groups -OCH3 is 1. The van der Waals surface area contributed by atoms with Crippen molar-refractivity contribution in [3.63, 3.8) is 0 Å². The van der Waals surface area contributed by atoms with Gasteiger partial charge in [0.05, 0.1) is 17.8 Å². The van der Waals surface area contributed by atoms with Crippen molar-refractivity contribution in [3.8, 4) is 11.3 Å². The molecule has 0 amide bonds. The van der Waals surface area contributed by atoms with Crippen LogP contribution in [0.1, 0.15) is 16.1 Å². The number of nitrogens with zero attached hydrogens (tertiary/aromatic N) is 1. The first kappa shape index (κ1) is 19.2. The number of benzene rings is 1. The molecule has 0 saturated carbocycles. The first-order valence-corrected chi connectivity index (χ1v) is 9.51. The van der Waals surface area contributed by atoms with Crippen LogP contribution in [0.2, 0.25) is 5.02 Å². The Bertz CT molecular complexity index is 857. The van der Waals surface area contributed by atoms with Crippen molar-refractivity contribution in [2.24, 2.45) is 0 Å². The van der Waals surface area contributed by atoms with Gasteiger partial charge in [-0.05, 0) is 18.2 Å². The monoisotopic (exact) mass is 385 g/mol. The average molecular weight is 386 g/mol. The second-order valence-corrected chi connectivity index (χ2v) is 7.69. The van der Waals surface area contributed by atoms with Gasteiger partial charge in [-0.1, -0.05) is 17.7 Å². The Morgan fingerprint density at radius 2 is 2.04 bits per heavy atom. The summed E-state index contributed by atoms with van der Waals surface area (Å²) in [5.41, 5.74) is 5.46. The zero-order chi connectivity index (χ0) is 18.7. The quantitative estimate of drug-likeness (QED) is 0.640. The summed E-state index contributed by atoms with van der Waals surface area (Å²) < 4.78 is 33.1. The molecule has 8 heteroatoms. The molecule has 25 heavy (non-hydrogen) atoms. The summed E-state index contributed by atoms with van der Waals surface area (Å²) in [7, 11) is 1.08. The van der Waals surface area contributed by atoms with Crippen LogP contribution in [0.4, 0.5) is 14.5 Å². The third-order valence-corrected chi connectivity index (χ3v) is 4.28. The predicted molar refractivity (Wildman–Crippen MR) is 98.6 cm³/mol. The number of halogens is 3. The van der Waals surface area contributed by atoms with Crippen molar-refractivity contribution in [2.75, 3.05) is 25.4 Å². The van der Waals surface area contributed by atoms with Gasteiger partial charge in [-0.2, -0.15) is 0 Å². The van der Waals surface area contributed by atoms with Crippen molar-refractivity contribution in [3.05, 3.63) is 51.5 Å². The molecular weight excluding hydrogens is 370 g/mol. The van der Waals surface area contributed by atoms with E-state index in [2.05, 4.69) is 4.98 Å². The van der Waals surface area contributed by atoms with Crippen LogP contribution < -0.4 is 5.73 Å². The number of ether oxygens (including phenoxy) is 1. The van der Waals surface area contributed by atoms with Crippen molar-refractivity contribution in [2.45, 2.75) is 0 Å². The SMILES string of the molecule is COC(=O)c1nc(-c2ccc(Cl)c(F)c2)c(F)c(N)c1/C=C/[S+](C)C. The topological polar surface area (TPSA) is 65.2 Å². The normalized spacial score (nSPS) is 11.3. The molecular formula is C17H16ClF2N2O2S+. The molecule has 1 heterocycles. The lowest BCUT2D eigenvalue weighted by Gasteiger charge is -2.12. The highest BCUT2D eigenvalue weighted by atomic mass is 35.5. The Morgan fingerprint density at radius 1 is 1.36 bits per heavy atom. The van der Waals surface area contributed by atoms with Crippen molar-refractivity contribution in [1.29, 1.82) is 0 Å². The molecule has 132 valence electrons. The molecule has 0 aliphatic heterocycles. The van der Waals surface area contributed by atoms with E-state index < -0.39 is 17.6 Å². The molecule has 0 saturated heterocycles. The Kier molecular flexibility index (Phi) is 6.02. The standard InChI is InChI=1S/C17H16ClF2N2O2S/c1-24-17(23)16-10(6-7-25(2)3)14(21)13(20)15(22-16)9-4-5-11(18)12(19)8-9/h4-8H,1-3H3,(H2,21,22)/q+1/b7-6+. The summed E-state index contributed by atoms with van der Waals surface area (Å²) in [6.07, 6.45) is 5.42. The van der Waals surface area contributed by atoms with Gasteiger partial charge in [0.25, 0.3) is 0 Å². The molecule has 0 radical (unpaired) electrons. The first-order valence-electron chi connectivity index (χ1n) is 7.03. The summed E-state index contributed by atoms with van der Waals surface area (Å²) >= 11 is 5.64. The van der Waals surface area contributed by atoms with Crippen LogP contribution >= 0.6 is 11.6 Å². The minimum atomic E-state index is -0.846. The number of nitrogen functional groups attached to an aromatic ring is 1. The van der Waals surface area contributed by atoms with Crippen molar-refractivity contribution in [1.82, 2.24) is 4.98 Å². The minimum absolute atomic E-state index is 0.104. The number of pyridine rings is 1. The zero-order valence-electron chi connectivity index (χ0n) is 13.8. The molecule has 0 aliphatic carbocycles. The molecule has 0 aliphatic rings. The van der Waals surface area contributed by atoms with Gasteiger partial charge < -0.3 is 10.5 Å². The average Bonchev–Trinajstić information content (AvgIpc) is 2.57. The minimum Gasteiger partial charge on any atom is -0.464 e. The van der Waals surface area contributed by atoms with Crippen molar-refractivity contribution < 1.29 is 18.3 Å². The van der Waals surface area contributed by atoms with Gasteiger partial charge in [-0.3, -0.25) is 0 Å². The molecule has 2 N–H and O–H groups in total. The summed E-state index contributed by atoms with van der Waals surface area (Å²) in [6, 6.07) is 3.69. The Labute approximate surface area is 152 Å². The number of aromatic nitrogens is 1. The zero-order valence-corrected chi connectivity index (χ0v) is 15.3. The number of carbonyl (C=O) groups excluding carboxylic acids is 1. The number of carbonyl (C=O) groups is 1. The Balaban J connectivity index is 2.73. The molecule has 0 spiro atoms. The van der Waals surface area contributed by atoms with Crippen LogP contribution in [-0.4, -0.2) is 30.6 Å². The number of hydrogen-bond acceptors (Lipinski definition) is 4. The lowest BCUT2D eigenvalue weighted by Crippen LogP contribution is -2.12. The van der Waals surface area contributed by atoms with Gasteiger partial charge in [-0.25, -0.2) is 18.6 Å². The molecule has 0 fully saturated rings. The Hall–Kier alpha value is -2.12. The summed E-state index contributed by atoms with van der Waals surface area (Å²) in [5.74, 6) is -2.35. The van der Waals surface area contributed by atoms with Crippen LogP contribution in [0.5, 0.6) is 0 Å². The molecule has 0 unspecified atom stereocenters. The maximum absolute atomic E-state index is 14.7. The van der Waals surface area contributed by atoms with E-state index in [-0.39, 0.29) is 44.1 Å². The van der Waals surface area contributed by atoms with Gasteiger partial charge in [0, 0.05) is 22.0 Å². The summed E-state index contributed by atoms with van der Waals surface area (Å²) in [5, 5.41) is 1.67. The van der Waals surface area contributed by atoms with E-state index in [0.717, 1.165) is 6.07 Å². The smallest absolute Gasteiger partial charge is 0.357 e. The largest absolute Gasteiger partial charge is 0.464 e. The maximum Gasteiger partial charge on any atom is 0.357 e. The molecule has 4 nitrogen and oxygen atoms in total. The highest BCUT2D eigenvalue weighted by molar-refractivity contribution is 7.98. The van der Waals surface area contributed by atoms with Crippen LogP contribution in [0.25, 0.3) is 17.3 Å². The van der Waals surface area contributed by atoms with Crippen LogP contribution in [-0.2, 0) is 15.6 Å². The highest BCUT2D eigenvalue weighted by Gasteiger charge is 2.23. The fourth-order valence-electron chi connectivity index (χ4n) is 2.05. The van der Waals surface area contributed by atoms with Gasteiger partial charge in [0.1, 0.15) is 29.4 Å². The van der Waals surface area contributed by atoms with Crippen molar-refractivity contribution >= 4 is 40.2 Å². The number of nitrogens with two attached hydrogens (primary N) is 1. The van der Waals surface area contributed by atoms with E-state index >= 15 is 0 Å². The highest BCUT2D eigenvalue weighted by Crippen LogP contribution is 2.31. The third kappa shape index (κ3) is 4.11. The molecule has 1 aromatic carbocycles. The van der Waals surface area contributed by atoms with Gasteiger partial charge in [-0.15, -0.1) is 0 Å². The number of hydrogen-bond donors (Lipinski definition) is 1. The molecule has 0 atom stereocenters. The van der Waals surface area contributed by atoms with E-state index in [4.69, 9.17) is 22.1 Å². The molecule has 2 aromatic rings. The van der Waals surface area contributed by atoms with E-state index in [0.29, 0.717) is 0 Å². The lowest BCUT2D eigenvalue weighted by atomic mass is 10.0. The molecule has 2 rings (SSSR count). The van der Waals surface area contributed by atoms with Gasteiger partial charge >= 0.3 is 5.97 Å².